The first-order chi connectivity index (χ1) is 10.1. The Kier molecular flexibility index (Phi) is 4.07. The van der Waals surface area contributed by atoms with E-state index in [9.17, 15) is 4.79 Å². The largest absolute Gasteiger partial charge is 0.328 e. The van der Waals surface area contributed by atoms with Crippen molar-refractivity contribution in [3.8, 4) is 0 Å². The molecular weight excluding hydrogens is 280 g/mol. The number of Topliss-reactive ketones (excluding diaryl/α,β-unsaturated/α-hetero) is 1. The number of carbonyl (C=O) groups is 1. The molecule has 1 aromatic carbocycles. The van der Waals surface area contributed by atoms with Gasteiger partial charge in [-0.25, -0.2) is 4.98 Å². The zero-order valence-electron chi connectivity index (χ0n) is 12.8. The van der Waals surface area contributed by atoms with Crippen LogP contribution in [0.3, 0.4) is 0 Å². The number of hydrogen-bond acceptors (Lipinski definition) is 3. The maximum Gasteiger partial charge on any atom is 0.156 e. The van der Waals surface area contributed by atoms with Gasteiger partial charge in [0.15, 0.2) is 5.78 Å². The highest BCUT2D eigenvalue weighted by Crippen LogP contribution is 2.39. The van der Waals surface area contributed by atoms with Gasteiger partial charge in [-0.05, 0) is 44.1 Å². The highest BCUT2D eigenvalue weighted by molar-refractivity contribution is 8.01. The van der Waals surface area contributed by atoms with E-state index in [1.807, 2.05) is 30.0 Å². The summed E-state index contributed by atoms with van der Waals surface area (Å²) in [4.78, 5) is 17.4. The van der Waals surface area contributed by atoms with E-state index in [-0.39, 0.29) is 4.75 Å². The molecule has 0 N–H and O–H groups in total. The maximum absolute atomic E-state index is 12.7. The predicted molar refractivity (Wildman–Crippen MR) is 88.8 cm³/mol. The van der Waals surface area contributed by atoms with Crippen LogP contribution >= 0.6 is 11.8 Å². The molecule has 1 atom stereocenters. The topological polar surface area (TPSA) is 34.9 Å². The van der Waals surface area contributed by atoms with Crippen LogP contribution < -0.4 is 0 Å². The average Bonchev–Trinajstić information content (AvgIpc) is 3.06. The average molecular weight is 302 g/mol. The van der Waals surface area contributed by atoms with Crippen LogP contribution in [-0.4, -0.2) is 25.8 Å². The van der Waals surface area contributed by atoms with Crippen LogP contribution in [-0.2, 0) is 17.8 Å². The summed E-state index contributed by atoms with van der Waals surface area (Å²) >= 11 is 1.81. The van der Waals surface area contributed by atoms with Gasteiger partial charge in [-0.1, -0.05) is 19.1 Å². The Morgan fingerprint density at radius 1 is 1.43 bits per heavy atom. The lowest BCUT2D eigenvalue weighted by molar-refractivity contribution is -0.120. The molecule has 1 aliphatic rings. The molecule has 1 saturated heterocycles. The molecule has 0 radical (unpaired) electrons. The van der Waals surface area contributed by atoms with Crippen molar-refractivity contribution in [2.24, 2.45) is 0 Å². The molecular formula is C17H22N2OS. The number of aromatic nitrogens is 2. The number of benzene rings is 1. The highest BCUT2D eigenvalue weighted by Gasteiger charge is 2.37. The zero-order valence-corrected chi connectivity index (χ0v) is 13.6. The number of rotatable bonds is 5. The van der Waals surface area contributed by atoms with Gasteiger partial charge < -0.3 is 4.57 Å². The summed E-state index contributed by atoms with van der Waals surface area (Å²) in [5, 5.41) is 0. The standard InChI is InChI=1S/C17H22N2OS/c1-3-10-19-14-8-5-4-7-13(14)18-16(19)12-15(20)17(2)9-6-11-21-17/h4-5,7-8H,3,6,9-12H2,1-2H3. The molecule has 1 unspecified atom stereocenters. The Bertz CT molecular complexity index is 656. The Hall–Kier alpha value is -1.29. The Morgan fingerprint density at radius 2 is 2.24 bits per heavy atom. The smallest absolute Gasteiger partial charge is 0.156 e. The number of imidazole rings is 1. The second kappa shape index (κ2) is 5.84. The van der Waals surface area contributed by atoms with E-state index >= 15 is 0 Å². The number of aryl methyl sites for hydroxylation is 1. The molecule has 0 amide bonds. The van der Waals surface area contributed by atoms with Gasteiger partial charge in [-0.3, -0.25) is 4.79 Å². The number of nitrogens with zero attached hydrogens (tertiary/aromatic N) is 2. The number of para-hydroxylation sites is 2. The lowest BCUT2D eigenvalue weighted by Gasteiger charge is -2.20. The molecule has 0 spiro atoms. The molecule has 3 rings (SSSR count). The SMILES string of the molecule is CCCn1c(CC(=O)C2(C)CCCS2)nc2ccccc21. The fourth-order valence-corrected chi connectivity index (χ4v) is 4.32. The normalized spacial score (nSPS) is 22.0. The van der Waals surface area contributed by atoms with Crippen LogP contribution in [0, 0.1) is 0 Å². The molecule has 0 saturated carbocycles. The molecule has 2 heterocycles. The fraction of sp³-hybridized carbons (Fsp3) is 0.529. The Morgan fingerprint density at radius 3 is 2.95 bits per heavy atom. The van der Waals surface area contributed by atoms with E-state index in [0.29, 0.717) is 12.2 Å². The minimum atomic E-state index is -0.199. The van der Waals surface area contributed by atoms with Crippen LogP contribution in [0.25, 0.3) is 11.0 Å². The summed E-state index contributed by atoms with van der Waals surface area (Å²) in [6, 6.07) is 8.17. The molecule has 0 aliphatic carbocycles. The summed E-state index contributed by atoms with van der Waals surface area (Å²) < 4.78 is 2.02. The van der Waals surface area contributed by atoms with Gasteiger partial charge in [-0.2, -0.15) is 0 Å². The number of thioether (sulfide) groups is 1. The van der Waals surface area contributed by atoms with Crippen molar-refractivity contribution in [1.29, 1.82) is 0 Å². The molecule has 21 heavy (non-hydrogen) atoms. The van der Waals surface area contributed by atoms with Crippen molar-refractivity contribution in [2.75, 3.05) is 5.75 Å². The molecule has 1 aromatic heterocycles. The van der Waals surface area contributed by atoms with Gasteiger partial charge in [-0.15, -0.1) is 11.8 Å². The first-order valence-corrected chi connectivity index (χ1v) is 8.74. The lowest BCUT2D eigenvalue weighted by Crippen LogP contribution is -2.31. The van der Waals surface area contributed by atoms with Crippen LogP contribution in [0.2, 0.25) is 0 Å². The Labute approximate surface area is 130 Å². The number of fused-ring (bicyclic) bond motifs is 1. The molecule has 3 nitrogen and oxygen atoms in total. The number of ketones is 1. The quantitative estimate of drug-likeness (QED) is 0.841. The van der Waals surface area contributed by atoms with Gasteiger partial charge in [0.2, 0.25) is 0 Å². The minimum absolute atomic E-state index is 0.199. The van der Waals surface area contributed by atoms with E-state index in [1.54, 1.807) is 0 Å². The third-order valence-electron chi connectivity index (χ3n) is 4.31. The molecule has 2 aromatic rings. The summed E-state index contributed by atoms with van der Waals surface area (Å²) in [6.45, 7) is 5.18. The zero-order chi connectivity index (χ0) is 14.9. The van der Waals surface area contributed by atoms with Crippen molar-refractivity contribution < 1.29 is 4.79 Å². The van der Waals surface area contributed by atoms with Gasteiger partial charge in [0.05, 0.1) is 22.2 Å². The third-order valence-corrected chi connectivity index (χ3v) is 5.87. The summed E-state index contributed by atoms with van der Waals surface area (Å²) in [5.41, 5.74) is 2.14. The van der Waals surface area contributed by atoms with E-state index in [1.165, 1.54) is 0 Å². The first-order valence-electron chi connectivity index (χ1n) is 7.75. The number of hydrogen-bond donors (Lipinski definition) is 0. The minimum Gasteiger partial charge on any atom is -0.328 e. The van der Waals surface area contributed by atoms with Crippen molar-refractivity contribution in [2.45, 2.75) is 50.8 Å². The fourth-order valence-electron chi connectivity index (χ4n) is 3.06. The van der Waals surface area contributed by atoms with E-state index in [4.69, 9.17) is 4.98 Å². The first kappa shape index (κ1) is 14.6. The third kappa shape index (κ3) is 2.73. The van der Waals surface area contributed by atoms with E-state index < -0.39 is 0 Å². The summed E-state index contributed by atoms with van der Waals surface area (Å²) in [5.74, 6) is 2.36. The van der Waals surface area contributed by atoms with Crippen LogP contribution in [0.1, 0.15) is 38.9 Å². The second-order valence-corrected chi connectivity index (χ2v) is 7.55. The monoisotopic (exact) mass is 302 g/mol. The predicted octanol–water partition coefficient (Wildman–Crippen LogP) is 3.84. The molecule has 4 heteroatoms. The van der Waals surface area contributed by atoms with E-state index in [2.05, 4.69) is 24.5 Å². The van der Waals surface area contributed by atoms with E-state index in [0.717, 1.165) is 48.4 Å². The molecule has 0 bridgehead atoms. The molecule has 1 aliphatic heterocycles. The highest BCUT2D eigenvalue weighted by atomic mass is 32.2. The molecule has 1 fully saturated rings. The van der Waals surface area contributed by atoms with Crippen LogP contribution in [0.5, 0.6) is 0 Å². The van der Waals surface area contributed by atoms with Crippen LogP contribution in [0.4, 0.5) is 0 Å². The number of carbonyl (C=O) groups excluding carboxylic acids is 1. The summed E-state index contributed by atoms with van der Waals surface area (Å²) in [6.07, 6.45) is 3.66. The van der Waals surface area contributed by atoms with Gasteiger partial charge in [0, 0.05) is 6.54 Å². The van der Waals surface area contributed by atoms with Crippen molar-refractivity contribution >= 4 is 28.6 Å². The maximum atomic E-state index is 12.7. The van der Waals surface area contributed by atoms with Gasteiger partial charge in [0.1, 0.15) is 5.82 Å². The summed E-state index contributed by atoms with van der Waals surface area (Å²) in [7, 11) is 0. The Balaban J connectivity index is 1.92. The second-order valence-electron chi connectivity index (χ2n) is 5.95. The van der Waals surface area contributed by atoms with Gasteiger partial charge >= 0.3 is 0 Å². The van der Waals surface area contributed by atoms with Gasteiger partial charge in [0.25, 0.3) is 0 Å². The molecule has 112 valence electrons. The van der Waals surface area contributed by atoms with Crippen molar-refractivity contribution in [3.63, 3.8) is 0 Å². The lowest BCUT2D eigenvalue weighted by atomic mass is 9.98. The van der Waals surface area contributed by atoms with Crippen molar-refractivity contribution in [3.05, 3.63) is 30.1 Å². The van der Waals surface area contributed by atoms with Crippen LogP contribution in [0.15, 0.2) is 24.3 Å². The van der Waals surface area contributed by atoms with Crippen molar-refractivity contribution in [1.82, 2.24) is 9.55 Å².